The molecule has 1 aliphatic heterocycles. The van der Waals surface area contributed by atoms with Gasteiger partial charge < -0.3 is 14.5 Å². The zero-order valence-corrected chi connectivity index (χ0v) is 19.0. The predicted molar refractivity (Wildman–Crippen MR) is 118 cm³/mol. The summed E-state index contributed by atoms with van der Waals surface area (Å²) < 4.78 is 33.1. The number of para-hydroxylation sites is 2. The smallest absolute Gasteiger partial charge is 0.242 e. The minimum atomic E-state index is -4.00. The summed E-state index contributed by atoms with van der Waals surface area (Å²) in [5.74, 6) is 0.480. The van der Waals surface area contributed by atoms with Crippen molar-refractivity contribution < 1.29 is 17.9 Å². The molecule has 1 atom stereocenters. The van der Waals surface area contributed by atoms with Gasteiger partial charge in [0.15, 0.2) is 0 Å². The number of nitrogens with one attached hydrogen (secondary N) is 1. The lowest BCUT2D eigenvalue weighted by molar-refractivity contribution is -0.132. The zero-order chi connectivity index (χ0) is 21.9. The van der Waals surface area contributed by atoms with Crippen LogP contribution in [0.4, 0.5) is 5.69 Å². The van der Waals surface area contributed by atoms with Gasteiger partial charge in [-0.05, 0) is 37.3 Å². The van der Waals surface area contributed by atoms with Crippen molar-refractivity contribution in [3.63, 3.8) is 0 Å². The number of piperazine rings is 1. The third kappa shape index (κ3) is 5.00. The Bertz CT molecular complexity index is 1020. The van der Waals surface area contributed by atoms with Crippen LogP contribution in [0.1, 0.15) is 6.92 Å². The molecule has 1 heterocycles. The van der Waals surface area contributed by atoms with E-state index < -0.39 is 16.1 Å². The second kappa shape index (κ2) is 9.43. The summed E-state index contributed by atoms with van der Waals surface area (Å²) in [4.78, 5) is 16.5. The molecule has 0 aromatic heterocycles. The molecule has 1 fully saturated rings. The Morgan fingerprint density at radius 2 is 1.77 bits per heavy atom. The van der Waals surface area contributed by atoms with Gasteiger partial charge in [-0.25, -0.2) is 8.42 Å². The van der Waals surface area contributed by atoms with Crippen molar-refractivity contribution in [3.05, 3.63) is 52.5 Å². The van der Waals surface area contributed by atoms with Crippen molar-refractivity contribution in [1.82, 2.24) is 9.62 Å². The molecule has 7 nitrogen and oxygen atoms in total. The maximum absolute atomic E-state index is 12.8. The largest absolute Gasteiger partial charge is 0.495 e. The number of benzene rings is 2. The summed E-state index contributed by atoms with van der Waals surface area (Å²) in [7, 11) is -2.38. The van der Waals surface area contributed by atoms with Crippen LogP contribution in [0, 0.1) is 0 Å². The summed E-state index contributed by atoms with van der Waals surface area (Å²) in [5.41, 5.74) is 0.969. The van der Waals surface area contributed by atoms with Crippen LogP contribution >= 0.6 is 23.2 Å². The number of hydrogen-bond acceptors (Lipinski definition) is 5. The molecule has 1 N–H and O–H groups in total. The fraction of sp³-hybridized carbons (Fsp3) is 0.350. The first-order chi connectivity index (χ1) is 14.2. The van der Waals surface area contributed by atoms with Gasteiger partial charge >= 0.3 is 0 Å². The minimum absolute atomic E-state index is 0.0389. The van der Waals surface area contributed by atoms with E-state index in [1.807, 2.05) is 24.3 Å². The number of methoxy groups -OCH3 is 1. The van der Waals surface area contributed by atoms with Gasteiger partial charge in [0.05, 0.1) is 23.9 Å². The summed E-state index contributed by atoms with van der Waals surface area (Å²) in [6.45, 7) is 3.70. The highest BCUT2D eigenvalue weighted by Crippen LogP contribution is 2.28. The topological polar surface area (TPSA) is 79.0 Å². The summed E-state index contributed by atoms with van der Waals surface area (Å²) in [6, 6.07) is 10.9. The van der Waals surface area contributed by atoms with E-state index in [0.717, 1.165) is 11.4 Å². The highest BCUT2D eigenvalue weighted by Gasteiger charge is 2.29. The summed E-state index contributed by atoms with van der Waals surface area (Å²) in [6.07, 6.45) is 0. The van der Waals surface area contributed by atoms with Crippen LogP contribution < -0.4 is 14.4 Å². The lowest BCUT2D eigenvalue weighted by atomic mass is 10.2. The molecule has 2 aromatic carbocycles. The second-order valence-electron chi connectivity index (χ2n) is 6.90. The summed E-state index contributed by atoms with van der Waals surface area (Å²) in [5, 5.41) is 0.281. The SMILES string of the molecule is COc1ccccc1N1CCN(C(=O)[C@H](C)NS(=O)(=O)c2cc(Cl)ccc2Cl)CC1. The van der Waals surface area contributed by atoms with Gasteiger partial charge in [-0.1, -0.05) is 35.3 Å². The summed E-state index contributed by atoms with van der Waals surface area (Å²) >= 11 is 11.9. The van der Waals surface area contributed by atoms with Crippen molar-refractivity contribution in [2.75, 3.05) is 38.2 Å². The van der Waals surface area contributed by atoms with Crippen LogP contribution in [0.15, 0.2) is 47.4 Å². The lowest BCUT2D eigenvalue weighted by Gasteiger charge is -2.37. The molecule has 0 unspecified atom stereocenters. The molecule has 1 aliphatic rings. The minimum Gasteiger partial charge on any atom is -0.495 e. The lowest BCUT2D eigenvalue weighted by Crippen LogP contribution is -2.54. The van der Waals surface area contributed by atoms with Crippen molar-refractivity contribution in [3.8, 4) is 5.75 Å². The fourth-order valence-electron chi connectivity index (χ4n) is 3.36. The number of ether oxygens (including phenoxy) is 1. The molecule has 0 saturated carbocycles. The number of sulfonamides is 1. The number of anilines is 1. The van der Waals surface area contributed by atoms with E-state index in [9.17, 15) is 13.2 Å². The molecule has 0 spiro atoms. The van der Waals surface area contributed by atoms with Crippen LogP contribution in [0.25, 0.3) is 0 Å². The number of carbonyl (C=O) groups excluding carboxylic acids is 1. The predicted octanol–water partition coefficient (Wildman–Crippen LogP) is 3.02. The number of rotatable bonds is 6. The van der Waals surface area contributed by atoms with Crippen molar-refractivity contribution >= 4 is 44.8 Å². The van der Waals surface area contributed by atoms with Gasteiger partial charge in [-0.15, -0.1) is 0 Å². The number of amides is 1. The quantitative estimate of drug-likeness (QED) is 0.700. The highest BCUT2D eigenvalue weighted by molar-refractivity contribution is 7.89. The van der Waals surface area contributed by atoms with E-state index in [1.165, 1.54) is 25.1 Å². The molecule has 1 amide bonds. The molecular weight excluding hydrogens is 449 g/mol. The van der Waals surface area contributed by atoms with Gasteiger partial charge in [0.1, 0.15) is 10.6 Å². The fourth-order valence-corrected chi connectivity index (χ4v) is 5.32. The van der Waals surface area contributed by atoms with Crippen molar-refractivity contribution in [1.29, 1.82) is 0 Å². The Hall–Kier alpha value is -2.00. The molecule has 0 aliphatic carbocycles. The average Bonchev–Trinajstić information content (AvgIpc) is 2.74. The van der Waals surface area contributed by atoms with Gasteiger partial charge in [0.2, 0.25) is 15.9 Å². The highest BCUT2D eigenvalue weighted by atomic mass is 35.5. The first-order valence-corrected chi connectivity index (χ1v) is 11.6. The molecule has 30 heavy (non-hydrogen) atoms. The Labute approximate surface area is 186 Å². The van der Waals surface area contributed by atoms with Crippen LogP contribution in [0.3, 0.4) is 0 Å². The van der Waals surface area contributed by atoms with Gasteiger partial charge in [0, 0.05) is 31.2 Å². The average molecular weight is 472 g/mol. The molecular formula is C20H23Cl2N3O4S. The van der Waals surface area contributed by atoms with Crippen LogP contribution in [0.5, 0.6) is 5.75 Å². The Balaban J connectivity index is 1.64. The second-order valence-corrected chi connectivity index (χ2v) is 9.43. The molecule has 1 saturated heterocycles. The van der Waals surface area contributed by atoms with E-state index >= 15 is 0 Å². The normalized spacial score (nSPS) is 15.7. The van der Waals surface area contributed by atoms with Crippen LogP contribution in [-0.2, 0) is 14.8 Å². The number of hydrogen-bond donors (Lipinski definition) is 1. The zero-order valence-electron chi connectivity index (χ0n) is 16.6. The first-order valence-electron chi connectivity index (χ1n) is 9.37. The molecule has 0 bridgehead atoms. The number of nitrogens with zero attached hydrogens (tertiary/aromatic N) is 2. The standard InChI is InChI=1S/C20H23Cl2N3O4S/c1-14(23-30(27,28)19-13-15(21)7-8-16(19)22)20(26)25-11-9-24(10-12-25)17-5-3-4-6-18(17)29-2/h3-8,13-14,23H,9-12H2,1-2H3/t14-/m0/s1. The third-order valence-electron chi connectivity index (χ3n) is 4.90. The molecule has 162 valence electrons. The maximum atomic E-state index is 12.8. The van der Waals surface area contributed by atoms with E-state index in [1.54, 1.807) is 12.0 Å². The molecule has 0 radical (unpaired) electrons. The third-order valence-corrected chi connectivity index (χ3v) is 7.16. The van der Waals surface area contributed by atoms with Gasteiger partial charge in [-0.3, -0.25) is 4.79 Å². The Morgan fingerprint density at radius 3 is 2.43 bits per heavy atom. The van der Waals surface area contributed by atoms with E-state index in [4.69, 9.17) is 27.9 Å². The van der Waals surface area contributed by atoms with E-state index in [2.05, 4.69) is 9.62 Å². The number of halogens is 2. The van der Waals surface area contributed by atoms with E-state index in [0.29, 0.717) is 26.2 Å². The molecule has 2 aromatic rings. The van der Waals surface area contributed by atoms with Gasteiger partial charge in [0.25, 0.3) is 0 Å². The van der Waals surface area contributed by atoms with Gasteiger partial charge in [-0.2, -0.15) is 4.72 Å². The first kappa shape index (κ1) is 22.7. The molecule has 3 rings (SSSR count). The van der Waals surface area contributed by atoms with Crippen LogP contribution in [-0.4, -0.2) is 58.6 Å². The van der Waals surface area contributed by atoms with Crippen molar-refractivity contribution in [2.24, 2.45) is 0 Å². The monoisotopic (exact) mass is 471 g/mol. The van der Waals surface area contributed by atoms with Crippen molar-refractivity contribution in [2.45, 2.75) is 17.9 Å². The molecule has 10 heteroatoms. The Kier molecular flexibility index (Phi) is 7.13. The Morgan fingerprint density at radius 1 is 1.10 bits per heavy atom. The van der Waals surface area contributed by atoms with Crippen LogP contribution in [0.2, 0.25) is 10.0 Å². The maximum Gasteiger partial charge on any atom is 0.242 e. The number of carbonyl (C=O) groups is 1. The van der Waals surface area contributed by atoms with E-state index in [-0.39, 0.29) is 20.8 Å².